The van der Waals surface area contributed by atoms with Crippen LogP contribution in [0.3, 0.4) is 0 Å². The predicted octanol–water partition coefficient (Wildman–Crippen LogP) is 3.96. The fraction of sp³-hybridized carbons (Fsp3) is 0.280. The maximum atomic E-state index is 5.74. The van der Waals surface area contributed by atoms with E-state index in [1.54, 1.807) is 0 Å². The van der Waals surface area contributed by atoms with E-state index in [4.69, 9.17) is 10.7 Å². The molecule has 6 rings (SSSR count). The molecule has 1 aromatic carbocycles. The zero-order chi connectivity index (χ0) is 20.9. The van der Waals surface area contributed by atoms with Crippen molar-refractivity contribution in [1.29, 1.82) is 0 Å². The quantitative estimate of drug-likeness (QED) is 0.688. The van der Waals surface area contributed by atoms with E-state index >= 15 is 0 Å². The van der Waals surface area contributed by atoms with Crippen LogP contribution >= 0.6 is 11.3 Å². The third-order valence-electron chi connectivity index (χ3n) is 6.60. The normalized spacial score (nSPS) is 18.4. The summed E-state index contributed by atoms with van der Waals surface area (Å²) in [5.41, 5.74) is 14.8. The first-order valence-corrected chi connectivity index (χ1v) is 11.6. The lowest BCUT2D eigenvalue weighted by atomic mass is 10.00. The number of nitrogen functional groups attached to an aromatic ring is 1. The Morgan fingerprint density at radius 2 is 1.71 bits per heavy atom. The number of fused-ring (bicyclic) bond motifs is 2. The summed E-state index contributed by atoms with van der Waals surface area (Å²) in [5, 5.41) is 0. The third kappa shape index (κ3) is 3.27. The molecule has 1 aliphatic carbocycles. The fourth-order valence-electron chi connectivity index (χ4n) is 4.76. The molecule has 4 heterocycles. The predicted molar refractivity (Wildman–Crippen MR) is 130 cm³/mol. The van der Waals surface area contributed by atoms with Crippen molar-refractivity contribution in [3.05, 3.63) is 70.2 Å². The monoisotopic (exact) mass is 427 g/mol. The number of anilines is 2. The number of benzene rings is 1. The van der Waals surface area contributed by atoms with Crippen molar-refractivity contribution in [3.8, 4) is 10.4 Å². The molecule has 2 N–H and O–H groups in total. The van der Waals surface area contributed by atoms with Gasteiger partial charge in [-0.05, 0) is 54.1 Å². The number of hydrogen-bond acceptors (Lipinski definition) is 6. The molecule has 2 aliphatic heterocycles. The van der Waals surface area contributed by atoms with E-state index in [0.29, 0.717) is 5.82 Å². The van der Waals surface area contributed by atoms with Gasteiger partial charge in [-0.15, -0.1) is 11.3 Å². The van der Waals surface area contributed by atoms with Gasteiger partial charge in [-0.25, -0.2) is 4.98 Å². The molecule has 5 nitrogen and oxygen atoms in total. The molecule has 2 aromatic heterocycles. The summed E-state index contributed by atoms with van der Waals surface area (Å²) in [5.74, 6) is 0.560. The molecule has 0 bridgehead atoms. The van der Waals surface area contributed by atoms with Crippen LogP contribution in [0.4, 0.5) is 11.5 Å². The van der Waals surface area contributed by atoms with Gasteiger partial charge in [-0.1, -0.05) is 12.1 Å². The first kappa shape index (κ1) is 18.8. The largest absolute Gasteiger partial charge is 0.384 e. The summed E-state index contributed by atoms with van der Waals surface area (Å²) in [6.07, 6.45) is 2.85. The van der Waals surface area contributed by atoms with Crippen LogP contribution in [-0.2, 0) is 6.42 Å². The molecule has 3 aliphatic rings. The number of aliphatic imine (C=N–C) groups is 1. The molecular formula is C25H25N5S. The van der Waals surface area contributed by atoms with Gasteiger partial charge in [0.15, 0.2) is 0 Å². The molecule has 0 unspecified atom stereocenters. The highest BCUT2D eigenvalue weighted by atomic mass is 32.1. The Kier molecular flexibility index (Phi) is 4.44. The fourth-order valence-corrected chi connectivity index (χ4v) is 5.95. The molecule has 6 heteroatoms. The maximum Gasteiger partial charge on any atom is 0.123 e. The number of hydrogen-bond donors (Lipinski definition) is 1. The lowest BCUT2D eigenvalue weighted by molar-refractivity contribution is 0.313. The Bertz CT molecular complexity index is 1200. The number of aromatic nitrogens is 1. The van der Waals surface area contributed by atoms with Gasteiger partial charge in [-0.3, -0.25) is 4.99 Å². The van der Waals surface area contributed by atoms with Gasteiger partial charge in [0, 0.05) is 65.4 Å². The minimum atomic E-state index is 0.560. The van der Waals surface area contributed by atoms with Crippen LogP contribution in [0.1, 0.15) is 16.0 Å². The molecule has 0 spiro atoms. The minimum absolute atomic E-state index is 0.560. The molecular weight excluding hydrogens is 402 g/mol. The SMILES string of the molecule is CN1CCN(c2ccc(C3=NCC4=C3Cc3sc(-c5ccc(N)nc5)cc34)cc2)CC1. The minimum Gasteiger partial charge on any atom is -0.384 e. The van der Waals surface area contributed by atoms with Crippen LogP contribution in [0, 0.1) is 0 Å². The van der Waals surface area contributed by atoms with Gasteiger partial charge >= 0.3 is 0 Å². The first-order chi connectivity index (χ1) is 15.2. The molecule has 31 heavy (non-hydrogen) atoms. The number of nitrogens with two attached hydrogens (primary N) is 1. The van der Waals surface area contributed by atoms with Gasteiger partial charge in [0.1, 0.15) is 5.82 Å². The Balaban J connectivity index is 1.23. The van der Waals surface area contributed by atoms with E-state index in [1.807, 2.05) is 23.6 Å². The van der Waals surface area contributed by atoms with Crippen molar-refractivity contribution in [2.45, 2.75) is 6.42 Å². The summed E-state index contributed by atoms with van der Waals surface area (Å²) < 4.78 is 0. The average Bonchev–Trinajstić information content (AvgIpc) is 3.46. The van der Waals surface area contributed by atoms with E-state index in [9.17, 15) is 0 Å². The highest BCUT2D eigenvalue weighted by molar-refractivity contribution is 7.15. The van der Waals surface area contributed by atoms with Crippen molar-refractivity contribution < 1.29 is 0 Å². The number of nitrogens with zero attached hydrogens (tertiary/aromatic N) is 4. The van der Waals surface area contributed by atoms with E-state index in [2.05, 4.69) is 58.2 Å². The summed E-state index contributed by atoms with van der Waals surface area (Å²) >= 11 is 1.87. The van der Waals surface area contributed by atoms with Crippen molar-refractivity contribution in [3.63, 3.8) is 0 Å². The van der Waals surface area contributed by atoms with E-state index in [-0.39, 0.29) is 0 Å². The Hall–Kier alpha value is -2.96. The van der Waals surface area contributed by atoms with Gasteiger partial charge in [0.05, 0.1) is 12.3 Å². The van der Waals surface area contributed by atoms with Crippen molar-refractivity contribution in [2.75, 3.05) is 50.4 Å². The number of thiophene rings is 1. The maximum absolute atomic E-state index is 5.74. The van der Waals surface area contributed by atoms with Gasteiger partial charge in [-0.2, -0.15) is 0 Å². The van der Waals surface area contributed by atoms with E-state index in [0.717, 1.165) is 44.7 Å². The van der Waals surface area contributed by atoms with Crippen molar-refractivity contribution in [1.82, 2.24) is 9.88 Å². The van der Waals surface area contributed by atoms with E-state index in [1.165, 1.54) is 43.4 Å². The second-order valence-electron chi connectivity index (χ2n) is 8.56. The van der Waals surface area contributed by atoms with Gasteiger partial charge in [0.2, 0.25) is 0 Å². The molecule has 156 valence electrons. The summed E-state index contributed by atoms with van der Waals surface area (Å²) in [6.45, 7) is 5.23. The highest BCUT2D eigenvalue weighted by Gasteiger charge is 2.31. The lowest BCUT2D eigenvalue weighted by Crippen LogP contribution is -2.44. The number of likely N-dealkylation sites (N-methyl/N-ethyl adjacent to an activating group) is 1. The molecule has 1 saturated heterocycles. The number of allylic oxidation sites excluding steroid dienone is 1. The molecule has 0 radical (unpaired) electrons. The second-order valence-corrected chi connectivity index (χ2v) is 9.69. The van der Waals surface area contributed by atoms with Crippen LogP contribution in [0.15, 0.2) is 59.2 Å². The smallest absolute Gasteiger partial charge is 0.123 e. The number of piperazine rings is 1. The average molecular weight is 428 g/mol. The van der Waals surface area contributed by atoms with Crippen molar-refractivity contribution in [2.24, 2.45) is 4.99 Å². The highest BCUT2D eigenvalue weighted by Crippen LogP contribution is 2.45. The summed E-state index contributed by atoms with van der Waals surface area (Å²) in [7, 11) is 2.19. The van der Waals surface area contributed by atoms with E-state index < -0.39 is 0 Å². The van der Waals surface area contributed by atoms with Gasteiger partial charge < -0.3 is 15.5 Å². The van der Waals surface area contributed by atoms with Crippen LogP contribution in [0.25, 0.3) is 16.0 Å². The van der Waals surface area contributed by atoms with Crippen LogP contribution in [0.5, 0.6) is 0 Å². The van der Waals surface area contributed by atoms with Gasteiger partial charge in [0.25, 0.3) is 0 Å². The number of rotatable bonds is 3. The molecule has 0 atom stereocenters. The summed E-state index contributed by atoms with van der Waals surface area (Å²) in [6, 6.07) is 15.3. The standard InChI is InChI=1S/C25H25N5S/c1-29-8-10-30(11-9-29)18-5-2-16(3-6-18)25-20-13-23-19(21(20)15-28-25)12-22(31-23)17-4-7-24(26)27-14-17/h2-7,12,14H,8-11,13,15H2,1H3,(H2,26,27). The number of pyridine rings is 1. The van der Waals surface area contributed by atoms with Crippen molar-refractivity contribution >= 4 is 34.1 Å². The zero-order valence-electron chi connectivity index (χ0n) is 17.6. The zero-order valence-corrected chi connectivity index (χ0v) is 18.5. The third-order valence-corrected chi connectivity index (χ3v) is 7.78. The topological polar surface area (TPSA) is 57.8 Å². The lowest BCUT2D eigenvalue weighted by Gasteiger charge is -2.34. The molecule has 0 amide bonds. The Morgan fingerprint density at radius 1 is 0.935 bits per heavy atom. The summed E-state index contributed by atoms with van der Waals surface area (Å²) in [4.78, 5) is 16.7. The van der Waals surface area contributed by atoms with Crippen LogP contribution < -0.4 is 10.6 Å². The van der Waals surface area contributed by atoms with Crippen LogP contribution in [-0.4, -0.2) is 55.4 Å². The Morgan fingerprint density at radius 3 is 2.45 bits per heavy atom. The second kappa shape index (κ2) is 7.32. The Labute approximate surface area is 186 Å². The molecule has 0 saturated carbocycles. The molecule has 1 fully saturated rings. The van der Waals surface area contributed by atoms with Crippen LogP contribution in [0.2, 0.25) is 0 Å². The first-order valence-electron chi connectivity index (χ1n) is 10.8. The molecule has 3 aromatic rings.